The fourth-order valence-corrected chi connectivity index (χ4v) is 4.14. The standard InChI is InChI=1S/C17H26N2O5S/c1-22-15-11-17-16(23-8-3-9-24-17)10-13(15)12-19-6-4-14(5-7-19)18-25(2,20)21/h10-11,14,18H,3-9,12H2,1-2H3. The molecule has 0 saturated carbocycles. The fraction of sp³-hybridized carbons (Fsp3) is 0.647. The van der Waals surface area contributed by atoms with Gasteiger partial charge in [-0.1, -0.05) is 0 Å². The third-order valence-corrected chi connectivity index (χ3v) is 5.27. The van der Waals surface area contributed by atoms with Crippen LogP contribution in [-0.4, -0.2) is 59.0 Å². The highest BCUT2D eigenvalue weighted by atomic mass is 32.2. The maximum absolute atomic E-state index is 11.4. The number of nitrogens with zero attached hydrogens (tertiary/aromatic N) is 1. The van der Waals surface area contributed by atoms with Gasteiger partial charge in [-0.05, 0) is 18.9 Å². The van der Waals surface area contributed by atoms with Crippen molar-refractivity contribution < 1.29 is 22.6 Å². The normalized spacial score (nSPS) is 19.4. The molecule has 2 aliphatic rings. The van der Waals surface area contributed by atoms with Crippen LogP contribution in [0.2, 0.25) is 0 Å². The summed E-state index contributed by atoms with van der Waals surface area (Å²) in [5.74, 6) is 2.29. The van der Waals surface area contributed by atoms with Gasteiger partial charge in [-0.15, -0.1) is 0 Å². The first-order valence-corrected chi connectivity index (χ1v) is 10.5. The third kappa shape index (κ3) is 4.99. The molecule has 1 saturated heterocycles. The largest absolute Gasteiger partial charge is 0.496 e. The second-order valence-corrected chi connectivity index (χ2v) is 8.38. The van der Waals surface area contributed by atoms with Crippen molar-refractivity contribution in [3.05, 3.63) is 17.7 Å². The highest BCUT2D eigenvalue weighted by Gasteiger charge is 2.23. The van der Waals surface area contributed by atoms with Gasteiger partial charge in [0.1, 0.15) is 5.75 Å². The van der Waals surface area contributed by atoms with E-state index >= 15 is 0 Å². The molecular weight excluding hydrogens is 344 g/mol. The van der Waals surface area contributed by atoms with Crippen LogP contribution in [0.25, 0.3) is 0 Å². The zero-order valence-corrected chi connectivity index (χ0v) is 15.6. The average Bonchev–Trinajstić information content (AvgIpc) is 2.79. The topological polar surface area (TPSA) is 77.1 Å². The molecule has 8 heteroatoms. The summed E-state index contributed by atoms with van der Waals surface area (Å²) in [5.41, 5.74) is 1.06. The van der Waals surface area contributed by atoms with Crippen molar-refractivity contribution in [1.82, 2.24) is 9.62 Å². The summed E-state index contributed by atoms with van der Waals surface area (Å²) >= 11 is 0. The van der Waals surface area contributed by atoms with Crippen LogP contribution >= 0.6 is 0 Å². The van der Waals surface area contributed by atoms with Crippen LogP contribution in [0, 0.1) is 0 Å². The van der Waals surface area contributed by atoms with Gasteiger partial charge in [0.25, 0.3) is 0 Å². The van der Waals surface area contributed by atoms with Gasteiger partial charge >= 0.3 is 0 Å². The maximum atomic E-state index is 11.4. The average molecular weight is 370 g/mol. The molecule has 2 aliphatic heterocycles. The molecule has 140 valence electrons. The Bertz CT molecular complexity index is 699. The van der Waals surface area contributed by atoms with Crippen molar-refractivity contribution in [3.63, 3.8) is 0 Å². The van der Waals surface area contributed by atoms with Crippen molar-refractivity contribution in [2.45, 2.75) is 31.8 Å². The molecule has 0 aliphatic carbocycles. The van der Waals surface area contributed by atoms with Crippen molar-refractivity contribution in [1.29, 1.82) is 0 Å². The second-order valence-electron chi connectivity index (χ2n) is 6.60. The first kappa shape index (κ1) is 18.3. The number of benzene rings is 1. The van der Waals surface area contributed by atoms with Crippen molar-refractivity contribution in [2.75, 3.05) is 39.7 Å². The van der Waals surface area contributed by atoms with Crippen LogP contribution in [0.15, 0.2) is 12.1 Å². The summed E-state index contributed by atoms with van der Waals surface area (Å²) in [6.45, 7) is 3.72. The number of ether oxygens (including phenoxy) is 3. The van der Waals surface area contributed by atoms with Crippen molar-refractivity contribution in [3.8, 4) is 17.2 Å². The monoisotopic (exact) mass is 370 g/mol. The Morgan fingerprint density at radius 2 is 1.84 bits per heavy atom. The Morgan fingerprint density at radius 3 is 2.44 bits per heavy atom. The fourth-order valence-electron chi connectivity index (χ4n) is 3.30. The van der Waals surface area contributed by atoms with E-state index in [9.17, 15) is 8.42 Å². The zero-order chi connectivity index (χ0) is 17.9. The molecule has 0 atom stereocenters. The molecule has 7 nitrogen and oxygen atoms in total. The lowest BCUT2D eigenvalue weighted by atomic mass is 10.0. The number of hydrogen-bond acceptors (Lipinski definition) is 6. The number of methoxy groups -OCH3 is 1. The Labute approximate surface area is 149 Å². The van der Waals surface area contributed by atoms with E-state index in [1.165, 1.54) is 6.26 Å². The minimum Gasteiger partial charge on any atom is -0.496 e. The number of nitrogens with one attached hydrogen (secondary N) is 1. The number of fused-ring (bicyclic) bond motifs is 1. The van der Waals surface area contributed by atoms with E-state index in [4.69, 9.17) is 14.2 Å². The molecule has 2 heterocycles. The number of hydrogen-bond donors (Lipinski definition) is 1. The van der Waals surface area contributed by atoms with E-state index in [1.54, 1.807) is 7.11 Å². The van der Waals surface area contributed by atoms with Crippen LogP contribution in [0.5, 0.6) is 17.2 Å². The SMILES string of the molecule is COc1cc2c(cc1CN1CCC(NS(C)(=O)=O)CC1)OCCCO2. The van der Waals surface area contributed by atoms with Gasteiger partial charge < -0.3 is 14.2 Å². The van der Waals surface area contributed by atoms with Gasteiger partial charge in [-0.3, -0.25) is 4.90 Å². The molecule has 1 N–H and O–H groups in total. The summed E-state index contributed by atoms with van der Waals surface area (Å²) in [6, 6.07) is 3.92. The quantitative estimate of drug-likeness (QED) is 0.844. The minimum absolute atomic E-state index is 0.0249. The summed E-state index contributed by atoms with van der Waals surface area (Å²) in [6.07, 6.45) is 3.69. The van der Waals surface area contributed by atoms with Gasteiger partial charge in [0.2, 0.25) is 10.0 Å². The van der Waals surface area contributed by atoms with Crippen LogP contribution in [0.3, 0.4) is 0 Å². The maximum Gasteiger partial charge on any atom is 0.208 e. The number of piperidine rings is 1. The Morgan fingerprint density at radius 1 is 1.20 bits per heavy atom. The van der Waals surface area contributed by atoms with E-state index in [0.29, 0.717) is 13.2 Å². The summed E-state index contributed by atoms with van der Waals surface area (Å²) in [5, 5.41) is 0. The molecular formula is C17H26N2O5S. The van der Waals surface area contributed by atoms with Gasteiger partial charge in [0.05, 0.1) is 26.6 Å². The van der Waals surface area contributed by atoms with Crippen LogP contribution in [-0.2, 0) is 16.6 Å². The van der Waals surface area contributed by atoms with E-state index in [0.717, 1.165) is 61.7 Å². The predicted molar refractivity (Wildman–Crippen MR) is 94.9 cm³/mol. The lowest BCUT2D eigenvalue weighted by molar-refractivity contribution is 0.197. The molecule has 0 amide bonds. The minimum atomic E-state index is -3.14. The van der Waals surface area contributed by atoms with E-state index in [-0.39, 0.29) is 6.04 Å². The second kappa shape index (κ2) is 7.80. The number of sulfonamides is 1. The number of likely N-dealkylation sites (tertiary alicyclic amines) is 1. The van der Waals surface area contributed by atoms with Crippen LogP contribution in [0.1, 0.15) is 24.8 Å². The lowest BCUT2D eigenvalue weighted by Crippen LogP contribution is -2.43. The molecule has 0 spiro atoms. The molecule has 1 aromatic rings. The molecule has 0 bridgehead atoms. The van der Waals surface area contributed by atoms with E-state index in [2.05, 4.69) is 9.62 Å². The predicted octanol–water partition coefficient (Wildman–Crippen LogP) is 1.37. The van der Waals surface area contributed by atoms with Crippen LogP contribution < -0.4 is 18.9 Å². The van der Waals surface area contributed by atoms with Crippen molar-refractivity contribution >= 4 is 10.0 Å². The molecule has 0 unspecified atom stereocenters. The van der Waals surface area contributed by atoms with Crippen LogP contribution in [0.4, 0.5) is 0 Å². The Hall–Kier alpha value is -1.51. The first-order valence-electron chi connectivity index (χ1n) is 8.61. The molecule has 3 rings (SSSR count). The Balaban J connectivity index is 1.66. The van der Waals surface area contributed by atoms with E-state index in [1.807, 2.05) is 12.1 Å². The van der Waals surface area contributed by atoms with Gasteiger partial charge in [-0.2, -0.15) is 0 Å². The molecule has 0 radical (unpaired) electrons. The summed E-state index contributed by atoms with van der Waals surface area (Å²) in [4.78, 5) is 2.31. The van der Waals surface area contributed by atoms with Gasteiger partial charge in [-0.25, -0.2) is 13.1 Å². The lowest BCUT2D eigenvalue weighted by Gasteiger charge is -2.32. The zero-order valence-electron chi connectivity index (χ0n) is 14.8. The first-order chi connectivity index (χ1) is 11.9. The summed E-state index contributed by atoms with van der Waals surface area (Å²) < 4.78 is 42.4. The van der Waals surface area contributed by atoms with Crippen molar-refractivity contribution in [2.24, 2.45) is 0 Å². The Kier molecular flexibility index (Phi) is 5.71. The van der Waals surface area contributed by atoms with Gasteiger partial charge in [0.15, 0.2) is 11.5 Å². The molecule has 1 aromatic carbocycles. The van der Waals surface area contributed by atoms with E-state index < -0.39 is 10.0 Å². The summed E-state index contributed by atoms with van der Waals surface area (Å²) in [7, 11) is -1.49. The highest BCUT2D eigenvalue weighted by molar-refractivity contribution is 7.88. The molecule has 1 fully saturated rings. The smallest absolute Gasteiger partial charge is 0.208 e. The highest BCUT2D eigenvalue weighted by Crippen LogP contribution is 2.37. The molecule has 25 heavy (non-hydrogen) atoms. The molecule has 0 aromatic heterocycles. The number of rotatable bonds is 5. The van der Waals surface area contributed by atoms with Gasteiger partial charge in [0, 0.05) is 43.7 Å². The third-order valence-electron chi connectivity index (χ3n) is 4.51.